The summed E-state index contributed by atoms with van der Waals surface area (Å²) in [5.41, 5.74) is 8.10. The molecule has 1 aromatic carbocycles. The third kappa shape index (κ3) is 3.71. The lowest BCUT2D eigenvalue weighted by atomic mass is 9.85. The lowest BCUT2D eigenvalue weighted by molar-refractivity contribution is -0.143. The van der Waals surface area contributed by atoms with Gasteiger partial charge in [-0.25, -0.2) is 0 Å². The van der Waals surface area contributed by atoms with Crippen LogP contribution in [0.2, 0.25) is 0 Å². The molecule has 1 aromatic rings. The van der Waals surface area contributed by atoms with Crippen molar-refractivity contribution in [2.45, 2.75) is 58.3 Å². The number of esters is 1. The van der Waals surface area contributed by atoms with Gasteiger partial charge in [-0.15, -0.1) is 0 Å². The monoisotopic (exact) mass is 332 g/mol. The molecule has 0 aliphatic carbocycles. The molecule has 5 heteroatoms. The maximum Gasteiger partial charge on any atom is 0.305 e. The number of nitrogens with zero attached hydrogens (tertiary/aromatic N) is 1. The van der Waals surface area contributed by atoms with Crippen molar-refractivity contribution >= 4 is 23.3 Å². The van der Waals surface area contributed by atoms with E-state index in [4.69, 9.17) is 10.5 Å². The minimum Gasteiger partial charge on any atom is -0.466 e. The Morgan fingerprint density at radius 3 is 2.62 bits per heavy atom. The Morgan fingerprint density at radius 2 is 1.92 bits per heavy atom. The predicted molar refractivity (Wildman–Crippen MR) is 96.0 cm³/mol. The van der Waals surface area contributed by atoms with Gasteiger partial charge in [-0.05, 0) is 45.7 Å². The van der Waals surface area contributed by atoms with Crippen molar-refractivity contribution in [1.29, 1.82) is 0 Å². The van der Waals surface area contributed by atoms with Crippen molar-refractivity contribution < 1.29 is 14.3 Å². The van der Waals surface area contributed by atoms with Gasteiger partial charge < -0.3 is 15.4 Å². The van der Waals surface area contributed by atoms with Gasteiger partial charge in [-0.1, -0.05) is 18.9 Å². The number of carbonyl (C=O) groups excluding carboxylic acids is 2. The Morgan fingerprint density at radius 1 is 1.21 bits per heavy atom. The van der Waals surface area contributed by atoms with Gasteiger partial charge in [0.05, 0.1) is 12.0 Å². The second kappa shape index (κ2) is 7.69. The first-order valence-electron chi connectivity index (χ1n) is 8.76. The summed E-state index contributed by atoms with van der Waals surface area (Å²) in [7, 11) is 0. The molecule has 0 unspecified atom stereocenters. The highest BCUT2D eigenvalue weighted by atomic mass is 16.5. The number of amides is 1. The minimum absolute atomic E-state index is 0.113. The second-order valence-electron chi connectivity index (χ2n) is 6.79. The molecule has 5 nitrogen and oxygen atoms in total. The molecule has 2 rings (SSSR count). The van der Waals surface area contributed by atoms with Crippen LogP contribution < -0.4 is 10.6 Å². The van der Waals surface area contributed by atoms with Gasteiger partial charge in [0.2, 0.25) is 5.91 Å². The fraction of sp³-hybridized carbons (Fsp3) is 0.579. The van der Waals surface area contributed by atoms with Crippen LogP contribution in [-0.4, -0.2) is 25.0 Å². The van der Waals surface area contributed by atoms with Gasteiger partial charge in [0, 0.05) is 29.9 Å². The number of ether oxygens (including phenoxy) is 1. The molecule has 1 heterocycles. The molecule has 132 valence electrons. The average Bonchev–Trinajstić information content (AvgIpc) is 2.72. The van der Waals surface area contributed by atoms with Crippen molar-refractivity contribution in [1.82, 2.24) is 0 Å². The van der Waals surface area contributed by atoms with E-state index in [1.54, 1.807) is 0 Å². The van der Waals surface area contributed by atoms with E-state index in [9.17, 15) is 9.59 Å². The number of hydrogen-bond acceptors (Lipinski definition) is 4. The van der Waals surface area contributed by atoms with Gasteiger partial charge in [0.25, 0.3) is 0 Å². The highest BCUT2D eigenvalue weighted by molar-refractivity contribution is 6.09. The average molecular weight is 332 g/mol. The fourth-order valence-electron chi connectivity index (χ4n) is 3.37. The Bertz CT molecular complexity index is 611. The summed E-state index contributed by atoms with van der Waals surface area (Å²) < 4.78 is 4.91. The van der Waals surface area contributed by atoms with Crippen LogP contribution >= 0.6 is 0 Å². The summed E-state index contributed by atoms with van der Waals surface area (Å²) in [5.74, 6) is -0.0136. The number of fused-ring (bicyclic) bond motifs is 1. The van der Waals surface area contributed by atoms with Crippen LogP contribution in [-0.2, 0) is 19.7 Å². The number of unbranched alkanes of at least 4 members (excludes halogenated alkanes) is 3. The first-order chi connectivity index (χ1) is 11.4. The number of hydrogen-bond donors (Lipinski definition) is 1. The van der Waals surface area contributed by atoms with E-state index in [2.05, 4.69) is 0 Å². The number of anilines is 2. The largest absolute Gasteiger partial charge is 0.466 e. The quantitative estimate of drug-likeness (QED) is 0.450. The maximum atomic E-state index is 12.7. The van der Waals surface area contributed by atoms with Crippen LogP contribution in [0.5, 0.6) is 0 Å². The Hall–Kier alpha value is -2.04. The number of nitrogens with two attached hydrogens (primary N) is 1. The van der Waals surface area contributed by atoms with Crippen molar-refractivity contribution in [3.05, 3.63) is 23.8 Å². The molecule has 0 saturated carbocycles. The SMILES string of the molecule is CCOC(=O)CCCCCCN1C(=O)C(C)(C)c2c(N)cccc21. The highest BCUT2D eigenvalue weighted by Gasteiger charge is 2.44. The smallest absolute Gasteiger partial charge is 0.305 e. The van der Waals surface area contributed by atoms with E-state index in [1.165, 1.54) is 0 Å². The molecule has 1 aliphatic rings. The number of carbonyl (C=O) groups is 2. The Kier molecular flexibility index (Phi) is 5.86. The molecule has 0 aromatic heterocycles. The van der Waals surface area contributed by atoms with Crippen molar-refractivity contribution in [2.75, 3.05) is 23.8 Å². The second-order valence-corrected chi connectivity index (χ2v) is 6.79. The molecule has 0 radical (unpaired) electrons. The predicted octanol–water partition coefficient (Wildman–Crippen LogP) is 3.41. The van der Waals surface area contributed by atoms with E-state index in [0.717, 1.165) is 36.9 Å². The van der Waals surface area contributed by atoms with Crippen LogP contribution in [0, 0.1) is 0 Å². The standard InChI is InChI=1S/C19H28N2O3/c1-4-24-16(22)12-7-5-6-8-13-21-15-11-9-10-14(20)17(15)19(2,3)18(21)23/h9-11H,4-8,12-13,20H2,1-3H3. The van der Waals surface area contributed by atoms with Crippen LogP contribution in [0.15, 0.2) is 18.2 Å². The first kappa shape index (κ1) is 18.3. The molecule has 0 atom stereocenters. The molecule has 0 saturated heterocycles. The molecule has 0 spiro atoms. The van der Waals surface area contributed by atoms with E-state index in [1.807, 2.05) is 43.9 Å². The Labute approximate surface area is 144 Å². The zero-order valence-corrected chi connectivity index (χ0v) is 14.9. The molecule has 1 amide bonds. The van der Waals surface area contributed by atoms with Crippen molar-refractivity contribution in [3.8, 4) is 0 Å². The lowest BCUT2D eigenvalue weighted by Crippen LogP contribution is -2.36. The molecule has 2 N–H and O–H groups in total. The molecule has 1 aliphatic heterocycles. The minimum atomic E-state index is -0.565. The van der Waals surface area contributed by atoms with Gasteiger partial charge in [0.1, 0.15) is 0 Å². The third-order valence-electron chi connectivity index (χ3n) is 4.59. The van der Waals surface area contributed by atoms with Gasteiger partial charge in [0.15, 0.2) is 0 Å². The summed E-state index contributed by atoms with van der Waals surface area (Å²) in [6.07, 6.45) is 4.18. The number of benzene rings is 1. The summed E-state index contributed by atoms with van der Waals surface area (Å²) in [5, 5.41) is 0. The normalized spacial score (nSPS) is 15.5. The van der Waals surface area contributed by atoms with Crippen LogP contribution in [0.3, 0.4) is 0 Å². The maximum absolute atomic E-state index is 12.7. The summed E-state index contributed by atoms with van der Waals surface area (Å²) in [4.78, 5) is 25.9. The summed E-state index contributed by atoms with van der Waals surface area (Å²) in [6, 6.07) is 5.72. The molecule has 24 heavy (non-hydrogen) atoms. The van der Waals surface area contributed by atoms with Crippen LogP contribution in [0.25, 0.3) is 0 Å². The molecule has 0 bridgehead atoms. The first-order valence-corrected chi connectivity index (χ1v) is 8.76. The Balaban J connectivity index is 1.85. The summed E-state index contributed by atoms with van der Waals surface area (Å²) >= 11 is 0. The molecule has 0 fully saturated rings. The fourth-order valence-corrected chi connectivity index (χ4v) is 3.37. The third-order valence-corrected chi connectivity index (χ3v) is 4.59. The number of nitrogen functional groups attached to an aromatic ring is 1. The summed E-state index contributed by atoms with van der Waals surface area (Å²) in [6.45, 7) is 6.82. The van der Waals surface area contributed by atoms with Crippen molar-refractivity contribution in [3.63, 3.8) is 0 Å². The van der Waals surface area contributed by atoms with Crippen LogP contribution in [0.4, 0.5) is 11.4 Å². The van der Waals surface area contributed by atoms with E-state index < -0.39 is 5.41 Å². The van der Waals surface area contributed by atoms with E-state index in [-0.39, 0.29) is 11.9 Å². The highest BCUT2D eigenvalue weighted by Crippen LogP contribution is 2.44. The molecular weight excluding hydrogens is 304 g/mol. The number of rotatable bonds is 8. The van der Waals surface area contributed by atoms with Gasteiger partial charge >= 0.3 is 5.97 Å². The van der Waals surface area contributed by atoms with Gasteiger partial charge in [-0.3, -0.25) is 9.59 Å². The molecular formula is C19H28N2O3. The lowest BCUT2D eigenvalue weighted by Gasteiger charge is -2.20. The topological polar surface area (TPSA) is 72.6 Å². The van der Waals surface area contributed by atoms with Crippen LogP contribution in [0.1, 0.15) is 58.4 Å². The van der Waals surface area contributed by atoms with Gasteiger partial charge in [-0.2, -0.15) is 0 Å². The zero-order valence-electron chi connectivity index (χ0n) is 14.9. The van der Waals surface area contributed by atoms with Crippen molar-refractivity contribution in [2.24, 2.45) is 0 Å². The van der Waals surface area contributed by atoms with E-state index >= 15 is 0 Å². The van der Waals surface area contributed by atoms with E-state index in [0.29, 0.717) is 25.3 Å². The zero-order chi connectivity index (χ0) is 17.7.